The van der Waals surface area contributed by atoms with Crippen molar-refractivity contribution in [1.29, 1.82) is 0 Å². The highest BCUT2D eigenvalue weighted by Gasteiger charge is 2.85. The Kier molecular flexibility index (Phi) is 8.52. The van der Waals surface area contributed by atoms with E-state index < -0.39 is 141 Å². The van der Waals surface area contributed by atoms with Gasteiger partial charge in [-0.05, 0) is 56.4 Å². The number of carbonyl (C=O) groups excluding carboxylic acids is 6. The van der Waals surface area contributed by atoms with Crippen LogP contribution in [0.25, 0.3) is 0 Å². The van der Waals surface area contributed by atoms with Crippen molar-refractivity contribution in [3.8, 4) is 0 Å². The van der Waals surface area contributed by atoms with E-state index in [1.807, 2.05) is 27.7 Å². The van der Waals surface area contributed by atoms with Crippen LogP contribution in [0.3, 0.4) is 0 Å². The standard InChI is InChI=1S/C40H54O14/c1-16(2)11-25(44)54-33-22-14-39(22,48)15-40(49)32(45)30(51-19(5)42)26-21(36(33,40)8)13-23(50-18(4)41)35(7)27-17(3)12-24-37(9,38(10,47)34(46)53-24)29(27)31(28(26)35)52-20(6)43/h12,16-17,21-23,26-31,33,47-49H,11,13-15H2,1-10H3/t17-,21+,22-,23+,26-,27+,28-,29+,30-,31-,33+,35-,36+,37+,38-,39+,40+/m1/s1. The fourth-order valence-corrected chi connectivity index (χ4v) is 13.0. The van der Waals surface area contributed by atoms with E-state index in [0.717, 1.165) is 6.92 Å². The zero-order valence-electron chi connectivity index (χ0n) is 32.7. The second kappa shape index (κ2) is 11.8. The molecule has 0 aromatic heterocycles. The first kappa shape index (κ1) is 38.9. The van der Waals surface area contributed by atoms with Crippen molar-refractivity contribution in [2.75, 3.05) is 0 Å². The molecule has 0 amide bonds. The van der Waals surface area contributed by atoms with Crippen LogP contribution in [-0.2, 0) is 52.5 Å². The Morgan fingerprint density at radius 2 is 1.48 bits per heavy atom. The van der Waals surface area contributed by atoms with Gasteiger partial charge >= 0.3 is 29.8 Å². The lowest BCUT2D eigenvalue weighted by Crippen LogP contribution is -2.77. The number of aliphatic hydroxyl groups is 3. The molecule has 0 unspecified atom stereocenters. The first-order chi connectivity index (χ1) is 24.8. The minimum atomic E-state index is -2.38. The summed E-state index contributed by atoms with van der Waals surface area (Å²) in [4.78, 5) is 81.3. The number of Topliss-reactive ketones (excluding diaryl/α,β-unsaturated/α-hetero) is 1. The van der Waals surface area contributed by atoms with Crippen LogP contribution in [0.15, 0.2) is 11.8 Å². The molecule has 1 aliphatic heterocycles. The summed E-state index contributed by atoms with van der Waals surface area (Å²) in [6.07, 6.45) is -3.39. The van der Waals surface area contributed by atoms with E-state index in [2.05, 4.69) is 0 Å². The van der Waals surface area contributed by atoms with Gasteiger partial charge in [0.15, 0.2) is 11.7 Å². The molecule has 6 fully saturated rings. The number of esters is 5. The Bertz CT molecular complexity index is 1750. The third-order valence-corrected chi connectivity index (χ3v) is 15.4. The summed E-state index contributed by atoms with van der Waals surface area (Å²) < 4.78 is 30.4. The Morgan fingerprint density at radius 1 is 0.870 bits per heavy atom. The average Bonchev–Trinajstić information content (AvgIpc) is 3.56. The lowest BCUT2D eigenvalue weighted by atomic mass is 9.40. The van der Waals surface area contributed by atoms with E-state index in [0.29, 0.717) is 0 Å². The van der Waals surface area contributed by atoms with Gasteiger partial charge in [0.25, 0.3) is 0 Å². The molecule has 1 saturated heterocycles. The highest BCUT2D eigenvalue weighted by molar-refractivity contribution is 5.95. The van der Waals surface area contributed by atoms with Gasteiger partial charge in [-0.15, -0.1) is 0 Å². The zero-order valence-corrected chi connectivity index (χ0v) is 32.7. The highest BCUT2D eigenvalue weighted by Crippen LogP contribution is 2.77. The predicted octanol–water partition coefficient (Wildman–Crippen LogP) is 2.57. The zero-order chi connectivity index (χ0) is 40.0. The summed E-state index contributed by atoms with van der Waals surface area (Å²) in [5.41, 5.74) is -10.3. The molecule has 3 N–H and O–H groups in total. The van der Waals surface area contributed by atoms with E-state index in [9.17, 15) is 39.3 Å². The third kappa shape index (κ3) is 4.80. The Labute approximate surface area is 314 Å². The monoisotopic (exact) mass is 758 g/mol. The highest BCUT2D eigenvalue weighted by atomic mass is 16.6. The molecule has 14 heteroatoms. The molecule has 0 bridgehead atoms. The van der Waals surface area contributed by atoms with Crippen molar-refractivity contribution in [2.24, 2.45) is 63.6 Å². The van der Waals surface area contributed by atoms with Crippen LogP contribution in [0.4, 0.5) is 0 Å². The fraction of sp³-hybridized carbons (Fsp3) is 0.800. The van der Waals surface area contributed by atoms with Crippen LogP contribution in [0.1, 0.15) is 94.9 Å². The van der Waals surface area contributed by atoms with Crippen molar-refractivity contribution < 1.29 is 67.8 Å². The molecule has 0 spiro atoms. The van der Waals surface area contributed by atoms with Gasteiger partial charge in [-0.3, -0.25) is 24.0 Å². The van der Waals surface area contributed by atoms with E-state index in [-0.39, 0.29) is 30.9 Å². The summed E-state index contributed by atoms with van der Waals surface area (Å²) in [7, 11) is 0. The van der Waals surface area contributed by atoms with Crippen molar-refractivity contribution in [1.82, 2.24) is 0 Å². The Morgan fingerprint density at radius 3 is 2.06 bits per heavy atom. The van der Waals surface area contributed by atoms with Crippen molar-refractivity contribution in [3.05, 3.63) is 11.8 Å². The number of hydrogen-bond donors (Lipinski definition) is 3. The first-order valence-corrected chi connectivity index (χ1v) is 19.2. The predicted molar refractivity (Wildman–Crippen MR) is 184 cm³/mol. The van der Waals surface area contributed by atoms with Gasteiger partial charge in [0.1, 0.15) is 29.7 Å². The Balaban J connectivity index is 1.50. The van der Waals surface area contributed by atoms with Crippen molar-refractivity contribution >= 4 is 35.6 Å². The van der Waals surface area contributed by atoms with E-state index in [4.69, 9.17) is 23.7 Å². The molecule has 1 heterocycles. The molecule has 54 heavy (non-hydrogen) atoms. The normalized spacial score (nSPS) is 50.9. The maximum Gasteiger partial charge on any atom is 0.343 e. The summed E-state index contributed by atoms with van der Waals surface area (Å²) in [6, 6.07) is 0. The number of carbonyl (C=O) groups is 6. The van der Waals surface area contributed by atoms with E-state index in [1.165, 1.54) is 20.8 Å². The van der Waals surface area contributed by atoms with Gasteiger partial charge in [-0.2, -0.15) is 0 Å². The van der Waals surface area contributed by atoms with Crippen LogP contribution in [-0.4, -0.2) is 92.2 Å². The molecule has 17 atom stereocenters. The SMILES string of the molecule is CC(=O)O[C@@H]1[C@H]2[C@@H]3[C@@H](OC(C)=O)C(=O)[C@@]4(O)C[C@@]5(O)C[C@@H]5[C@H](OC(=O)CC(C)C)[C@]4(C)[C@H]3C[C@H](OC(C)=O)[C@]2(C)[C@@H]2[C@@H]1[C@]1(C)C(=C[C@H]2C)OC(=O)[C@@]1(C)O. The maximum atomic E-state index is 15.2. The lowest BCUT2D eigenvalue weighted by molar-refractivity contribution is -0.282. The molecule has 14 nitrogen and oxygen atoms in total. The van der Waals surface area contributed by atoms with Crippen LogP contribution < -0.4 is 0 Å². The summed E-state index contributed by atoms with van der Waals surface area (Å²) >= 11 is 0. The van der Waals surface area contributed by atoms with Gasteiger partial charge in [-0.1, -0.05) is 34.6 Å². The van der Waals surface area contributed by atoms with E-state index >= 15 is 4.79 Å². The van der Waals surface area contributed by atoms with Crippen LogP contribution in [0, 0.1) is 63.6 Å². The first-order valence-electron chi connectivity index (χ1n) is 19.2. The number of rotatable bonds is 6. The smallest absolute Gasteiger partial charge is 0.343 e. The van der Waals surface area contributed by atoms with E-state index in [1.54, 1.807) is 19.9 Å². The number of allylic oxidation sites excluding steroid dienone is 1. The Hall–Kier alpha value is -3.36. The maximum absolute atomic E-state index is 15.2. The molecule has 7 aliphatic rings. The molecule has 0 radical (unpaired) electrons. The average molecular weight is 759 g/mol. The van der Waals surface area contributed by atoms with Gasteiger partial charge in [-0.25, -0.2) is 4.79 Å². The number of ether oxygens (including phenoxy) is 5. The van der Waals surface area contributed by atoms with Gasteiger partial charge in [0.2, 0.25) is 5.78 Å². The quantitative estimate of drug-likeness (QED) is 0.263. The third-order valence-electron chi connectivity index (χ3n) is 15.4. The molecule has 7 rings (SSSR count). The summed E-state index contributed by atoms with van der Waals surface area (Å²) in [5, 5.41) is 36.5. The molecule has 0 aromatic carbocycles. The molecular weight excluding hydrogens is 704 g/mol. The lowest BCUT2D eigenvalue weighted by Gasteiger charge is -2.66. The molecule has 6 aliphatic carbocycles. The number of fused-ring (bicyclic) bond motifs is 10. The van der Waals surface area contributed by atoms with Crippen molar-refractivity contribution in [2.45, 2.75) is 136 Å². The summed E-state index contributed by atoms with van der Waals surface area (Å²) in [5.74, 6) is -9.69. The van der Waals surface area contributed by atoms with Crippen LogP contribution in [0.2, 0.25) is 0 Å². The van der Waals surface area contributed by atoms with Gasteiger partial charge in [0.05, 0.1) is 11.0 Å². The molecule has 5 saturated carbocycles. The van der Waals surface area contributed by atoms with Crippen LogP contribution in [0.5, 0.6) is 0 Å². The molecule has 0 aromatic rings. The summed E-state index contributed by atoms with van der Waals surface area (Å²) in [6.45, 7) is 15.8. The molecular formula is C40H54O14. The fourth-order valence-electron chi connectivity index (χ4n) is 13.0. The largest absolute Gasteiger partial charge is 0.462 e. The number of ketones is 1. The van der Waals surface area contributed by atoms with Crippen LogP contribution >= 0.6 is 0 Å². The molecule has 298 valence electrons. The second-order valence-electron chi connectivity index (χ2n) is 18.7. The van der Waals surface area contributed by atoms with Crippen molar-refractivity contribution in [3.63, 3.8) is 0 Å². The van der Waals surface area contributed by atoms with Gasteiger partial charge in [0, 0.05) is 68.1 Å². The second-order valence-corrected chi connectivity index (χ2v) is 18.7. The minimum Gasteiger partial charge on any atom is -0.462 e. The number of hydrogen-bond acceptors (Lipinski definition) is 14. The minimum absolute atomic E-state index is 0.00627. The topological polar surface area (TPSA) is 209 Å². The van der Waals surface area contributed by atoms with Gasteiger partial charge < -0.3 is 39.0 Å².